The highest BCUT2D eigenvalue weighted by Gasteiger charge is 2.12. The Morgan fingerprint density at radius 1 is 1.38 bits per heavy atom. The maximum absolute atomic E-state index is 4.69. The van der Waals surface area contributed by atoms with Crippen LogP contribution in [0.2, 0.25) is 0 Å². The van der Waals surface area contributed by atoms with Gasteiger partial charge >= 0.3 is 0 Å². The van der Waals surface area contributed by atoms with Crippen LogP contribution in [0.5, 0.6) is 0 Å². The van der Waals surface area contributed by atoms with Crippen LogP contribution in [0.1, 0.15) is 29.7 Å². The van der Waals surface area contributed by atoms with Crippen LogP contribution in [-0.2, 0) is 12.8 Å². The molecule has 0 aromatic carbocycles. The molecule has 2 rings (SSSR count). The van der Waals surface area contributed by atoms with E-state index in [2.05, 4.69) is 39.2 Å². The lowest BCUT2D eigenvalue weighted by Crippen LogP contribution is -2.06. The molecule has 1 nitrogen and oxygen atoms in total. The summed E-state index contributed by atoms with van der Waals surface area (Å²) >= 11 is 2.31. The molecular formula is C10H12INS. The maximum atomic E-state index is 4.69. The summed E-state index contributed by atoms with van der Waals surface area (Å²) in [6, 6.07) is 2.32. The summed E-state index contributed by atoms with van der Waals surface area (Å²) in [5, 5.41) is 1.20. The lowest BCUT2D eigenvalue weighted by molar-refractivity contribution is 0.659. The molecule has 0 saturated heterocycles. The quantitative estimate of drug-likeness (QED) is 0.734. The van der Waals surface area contributed by atoms with Crippen molar-refractivity contribution in [2.45, 2.75) is 37.6 Å². The van der Waals surface area contributed by atoms with Gasteiger partial charge in [0.05, 0.1) is 0 Å². The Morgan fingerprint density at radius 3 is 2.92 bits per heavy atom. The minimum atomic E-state index is 1.18. The molecule has 13 heavy (non-hydrogen) atoms. The van der Waals surface area contributed by atoms with Crippen LogP contribution < -0.4 is 0 Å². The summed E-state index contributed by atoms with van der Waals surface area (Å²) in [6.45, 7) is 2.16. The van der Waals surface area contributed by atoms with Gasteiger partial charge in [0.25, 0.3) is 0 Å². The fourth-order valence-electron chi connectivity index (χ4n) is 1.81. The van der Waals surface area contributed by atoms with Gasteiger partial charge in [0.1, 0.15) is 5.03 Å². The molecule has 0 spiro atoms. The van der Waals surface area contributed by atoms with Crippen LogP contribution >= 0.6 is 30.1 Å². The lowest BCUT2D eigenvalue weighted by atomic mass is 9.95. The van der Waals surface area contributed by atoms with Crippen molar-refractivity contribution in [1.82, 2.24) is 4.98 Å². The number of nitrogens with zero attached hydrogens (tertiary/aromatic N) is 1. The fourth-order valence-corrected chi connectivity index (χ4v) is 3.47. The third-order valence-corrected chi connectivity index (χ3v) is 4.33. The van der Waals surface area contributed by atoms with Gasteiger partial charge in [0, 0.05) is 26.9 Å². The third-order valence-electron chi connectivity index (χ3n) is 2.52. The predicted octanol–water partition coefficient (Wildman–Crippen LogP) is 3.71. The van der Waals surface area contributed by atoms with Gasteiger partial charge in [-0.15, -0.1) is 0 Å². The Bertz CT molecular complexity index is 325. The molecule has 0 radical (unpaired) electrons. The van der Waals surface area contributed by atoms with Crippen LogP contribution in [0.15, 0.2) is 11.1 Å². The molecular weight excluding hydrogens is 293 g/mol. The van der Waals surface area contributed by atoms with Crippen molar-refractivity contribution in [3.63, 3.8) is 0 Å². The molecule has 0 amide bonds. The first-order valence-electron chi connectivity index (χ1n) is 4.59. The van der Waals surface area contributed by atoms with Gasteiger partial charge in [0.2, 0.25) is 0 Å². The highest BCUT2D eigenvalue weighted by Crippen LogP contribution is 2.30. The molecule has 1 aliphatic carbocycles. The number of rotatable bonds is 1. The zero-order valence-electron chi connectivity index (χ0n) is 7.64. The van der Waals surface area contributed by atoms with E-state index in [0.29, 0.717) is 0 Å². The summed E-state index contributed by atoms with van der Waals surface area (Å²) in [7, 11) is 1.73. The van der Waals surface area contributed by atoms with Crippen molar-refractivity contribution >= 4 is 30.1 Å². The Morgan fingerprint density at radius 2 is 2.15 bits per heavy atom. The maximum Gasteiger partial charge on any atom is 0.109 e. The monoisotopic (exact) mass is 305 g/mol. The van der Waals surface area contributed by atoms with E-state index in [0.717, 1.165) is 0 Å². The average molecular weight is 305 g/mol. The second-order valence-electron chi connectivity index (χ2n) is 3.50. The standard InChI is InChI=1S/C10H12INS/c1-7-6-8-4-2-3-5-9(8)12-10(7)13-11/h6H,2-5H2,1H3. The Labute approximate surface area is 95.3 Å². The highest BCUT2D eigenvalue weighted by molar-refractivity contribution is 14.2. The number of fused-ring (bicyclic) bond motifs is 1. The summed E-state index contributed by atoms with van der Waals surface area (Å²) in [6.07, 6.45) is 5.06. The molecule has 0 saturated carbocycles. The van der Waals surface area contributed by atoms with E-state index in [1.807, 2.05) is 0 Å². The van der Waals surface area contributed by atoms with Crippen LogP contribution in [0.4, 0.5) is 0 Å². The van der Waals surface area contributed by atoms with E-state index >= 15 is 0 Å². The van der Waals surface area contributed by atoms with Gasteiger partial charge in [-0.05, 0) is 52.7 Å². The number of aryl methyl sites for hydroxylation is 3. The average Bonchev–Trinajstić information content (AvgIpc) is 2.17. The molecule has 0 unspecified atom stereocenters. The number of hydrogen-bond acceptors (Lipinski definition) is 2. The Balaban J connectivity index is 2.44. The van der Waals surface area contributed by atoms with Crippen molar-refractivity contribution in [3.8, 4) is 0 Å². The predicted molar refractivity (Wildman–Crippen MR) is 65.5 cm³/mol. The summed E-state index contributed by atoms with van der Waals surface area (Å²) in [4.78, 5) is 4.69. The number of hydrogen-bond donors (Lipinski definition) is 0. The van der Waals surface area contributed by atoms with E-state index in [1.54, 1.807) is 8.93 Å². The number of aromatic nitrogens is 1. The molecule has 0 atom stereocenters. The lowest BCUT2D eigenvalue weighted by Gasteiger charge is -2.16. The van der Waals surface area contributed by atoms with Gasteiger partial charge < -0.3 is 0 Å². The van der Waals surface area contributed by atoms with Gasteiger partial charge in [0.15, 0.2) is 0 Å². The van der Waals surface area contributed by atoms with Crippen LogP contribution in [-0.4, -0.2) is 4.98 Å². The molecule has 1 aliphatic rings. The van der Waals surface area contributed by atoms with Gasteiger partial charge in [-0.25, -0.2) is 4.98 Å². The van der Waals surface area contributed by atoms with Crippen LogP contribution in [0.25, 0.3) is 0 Å². The molecule has 0 N–H and O–H groups in total. The molecule has 70 valence electrons. The second-order valence-corrected chi connectivity index (χ2v) is 5.36. The Kier molecular flexibility index (Phi) is 3.14. The molecule has 1 aromatic rings. The normalized spacial score (nSPS) is 15.5. The Hall–Kier alpha value is 0.230. The van der Waals surface area contributed by atoms with Gasteiger partial charge in [-0.1, -0.05) is 6.07 Å². The second kappa shape index (κ2) is 4.17. The van der Waals surface area contributed by atoms with Crippen molar-refractivity contribution in [2.75, 3.05) is 0 Å². The molecule has 3 heteroatoms. The number of halogens is 1. The highest BCUT2D eigenvalue weighted by atomic mass is 127. The SMILES string of the molecule is Cc1cc2c(nc1SI)CCCC2. The first-order chi connectivity index (χ1) is 6.31. The smallest absolute Gasteiger partial charge is 0.109 e. The van der Waals surface area contributed by atoms with E-state index < -0.39 is 0 Å². The summed E-state index contributed by atoms with van der Waals surface area (Å²) < 4.78 is 0. The van der Waals surface area contributed by atoms with Crippen molar-refractivity contribution in [3.05, 3.63) is 22.9 Å². The largest absolute Gasteiger partial charge is 0.245 e. The molecule has 1 heterocycles. The minimum Gasteiger partial charge on any atom is -0.245 e. The van der Waals surface area contributed by atoms with E-state index in [-0.39, 0.29) is 0 Å². The van der Waals surface area contributed by atoms with E-state index in [9.17, 15) is 0 Å². The molecule has 0 aliphatic heterocycles. The fraction of sp³-hybridized carbons (Fsp3) is 0.500. The third kappa shape index (κ3) is 2.01. The molecule has 0 fully saturated rings. The van der Waals surface area contributed by atoms with Crippen LogP contribution in [0, 0.1) is 6.92 Å². The summed E-state index contributed by atoms with van der Waals surface area (Å²) in [5.74, 6) is 0. The van der Waals surface area contributed by atoms with Crippen molar-refractivity contribution in [2.24, 2.45) is 0 Å². The van der Waals surface area contributed by atoms with E-state index in [4.69, 9.17) is 0 Å². The van der Waals surface area contributed by atoms with Gasteiger partial charge in [-0.2, -0.15) is 0 Å². The zero-order chi connectivity index (χ0) is 9.26. The first-order valence-corrected chi connectivity index (χ1v) is 7.95. The number of pyridine rings is 1. The first kappa shape index (κ1) is 9.77. The topological polar surface area (TPSA) is 12.9 Å². The zero-order valence-corrected chi connectivity index (χ0v) is 10.6. The van der Waals surface area contributed by atoms with E-state index in [1.165, 1.54) is 47.5 Å². The summed E-state index contributed by atoms with van der Waals surface area (Å²) in [5.41, 5.74) is 4.16. The minimum absolute atomic E-state index is 1.18. The van der Waals surface area contributed by atoms with Crippen molar-refractivity contribution in [1.29, 1.82) is 0 Å². The van der Waals surface area contributed by atoms with Crippen molar-refractivity contribution < 1.29 is 0 Å². The molecule has 1 aromatic heterocycles. The van der Waals surface area contributed by atoms with Crippen LogP contribution in [0.3, 0.4) is 0 Å². The van der Waals surface area contributed by atoms with Gasteiger partial charge in [-0.3, -0.25) is 0 Å². The molecule has 0 bridgehead atoms.